The summed E-state index contributed by atoms with van der Waals surface area (Å²) in [5.74, 6) is 1.21. The Morgan fingerprint density at radius 2 is 1.89 bits per heavy atom. The van der Waals surface area contributed by atoms with Gasteiger partial charge in [-0.15, -0.1) is 0 Å². The van der Waals surface area contributed by atoms with Crippen LogP contribution in [0.2, 0.25) is 0 Å². The van der Waals surface area contributed by atoms with Gasteiger partial charge in [0.15, 0.2) is 5.82 Å². The zero-order valence-electron chi connectivity index (χ0n) is 15.9. The Kier molecular flexibility index (Phi) is 4.48. The number of rotatable bonds is 5. The van der Waals surface area contributed by atoms with Crippen molar-refractivity contribution in [3.8, 4) is 11.4 Å². The highest BCUT2D eigenvalue weighted by Crippen LogP contribution is 2.39. The molecule has 0 spiro atoms. The fourth-order valence-corrected chi connectivity index (χ4v) is 3.24. The minimum absolute atomic E-state index is 0.0382. The van der Waals surface area contributed by atoms with Gasteiger partial charge in [0.05, 0.1) is 17.9 Å². The van der Waals surface area contributed by atoms with Crippen molar-refractivity contribution in [3.05, 3.63) is 64.7 Å². The van der Waals surface area contributed by atoms with Crippen LogP contribution in [0.5, 0.6) is 0 Å². The molecular weight excluding hydrogens is 338 g/mol. The van der Waals surface area contributed by atoms with Crippen molar-refractivity contribution < 1.29 is 4.79 Å². The number of H-pyrrole nitrogens is 1. The second-order valence-electron chi connectivity index (χ2n) is 7.31. The molecule has 0 atom stereocenters. The van der Waals surface area contributed by atoms with E-state index in [2.05, 4.69) is 26.2 Å². The lowest BCUT2D eigenvalue weighted by molar-refractivity contribution is 0.0783. The van der Waals surface area contributed by atoms with Gasteiger partial charge in [-0.05, 0) is 51.0 Å². The van der Waals surface area contributed by atoms with Crippen LogP contribution >= 0.6 is 0 Å². The van der Waals surface area contributed by atoms with Crippen molar-refractivity contribution in [2.45, 2.75) is 39.2 Å². The third-order valence-electron chi connectivity index (χ3n) is 4.75. The molecule has 3 aromatic rings. The van der Waals surface area contributed by atoms with Gasteiger partial charge in [-0.1, -0.05) is 12.1 Å². The highest BCUT2D eigenvalue weighted by atomic mass is 16.2. The Morgan fingerprint density at radius 1 is 1.15 bits per heavy atom. The number of aromatic amines is 1. The molecule has 1 amide bonds. The van der Waals surface area contributed by atoms with Gasteiger partial charge in [-0.3, -0.25) is 9.89 Å². The van der Waals surface area contributed by atoms with E-state index >= 15 is 0 Å². The van der Waals surface area contributed by atoms with Crippen LogP contribution in [-0.2, 0) is 6.54 Å². The van der Waals surface area contributed by atoms with Crippen molar-refractivity contribution in [1.82, 2.24) is 25.1 Å². The highest BCUT2D eigenvalue weighted by molar-refractivity contribution is 5.95. The van der Waals surface area contributed by atoms with Gasteiger partial charge in [-0.25, -0.2) is 9.97 Å². The Balaban J connectivity index is 1.52. The summed E-state index contributed by atoms with van der Waals surface area (Å²) >= 11 is 0. The predicted octanol–water partition coefficient (Wildman–Crippen LogP) is 3.63. The van der Waals surface area contributed by atoms with Crippen molar-refractivity contribution in [3.63, 3.8) is 0 Å². The van der Waals surface area contributed by atoms with Gasteiger partial charge in [0, 0.05) is 35.5 Å². The van der Waals surface area contributed by atoms with E-state index in [1.165, 1.54) is 12.8 Å². The SMILES string of the molecule is Cc1cc(C)nc(-c2cccc(C(=O)N(C)Cc3cc(C4CC4)n[nH]3)c2)n1. The van der Waals surface area contributed by atoms with E-state index in [4.69, 9.17) is 0 Å². The topological polar surface area (TPSA) is 74.8 Å². The van der Waals surface area contributed by atoms with Gasteiger partial charge in [0.25, 0.3) is 5.91 Å². The molecule has 6 heteroatoms. The number of nitrogens with one attached hydrogen (secondary N) is 1. The number of hydrogen-bond acceptors (Lipinski definition) is 4. The molecule has 2 heterocycles. The number of nitrogens with zero attached hydrogens (tertiary/aromatic N) is 4. The van der Waals surface area contributed by atoms with Gasteiger partial charge in [0.1, 0.15) is 0 Å². The standard InChI is InChI=1S/C21H23N5O/c1-13-9-14(2)23-20(22-13)16-5-4-6-17(10-16)21(27)26(3)12-18-11-19(25-24-18)15-7-8-15/h4-6,9-11,15H,7-8,12H2,1-3H3,(H,24,25). The van der Waals surface area contributed by atoms with Crippen LogP contribution in [0, 0.1) is 13.8 Å². The minimum Gasteiger partial charge on any atom is -0.336 e. The van der Waals surface area contributed by atoms with Crippen LogP contribution < -0.4 is 0 Å². The molecule has 0 aliphatic heterocycles. The Morgan fingerprint density at radius 3 is 2.59 bits per heavy atom. The first-order valence-corrected chi connectivity index (χ1v) is 9.22. The average molecular weight is 361 g/mol. The lowest BCUT2D eigenvalue weighted by Crippen LogP contribution is -2.26. The lowest BCUT2D eigenvalue weighted by Gasteiger charge is -2.16. The molecule has 0 unspecified atom stereocenters. The zero-order chi connectivity index (χ0) is 19.0. The first kappa shape index (κ1) is 17.4. The van der Waals surface area contributed by atoms with E-state index in [-0.39, 0.29) is 5.91 Å². The van der Waals surface area contributed by atoms with Gasteiger partial charge in [0.2, 0.25) is 0 Å². The van der Waals surface area contributed by atoms with Crippen molar-refractivity contribution in [1.29, 1.82) is 0 Å². The van der Waals surface area contributed by atoms with E-state index in [0.717, 1.165) is 28.3 Å². The molecule has 138 valence electrons. The van der Waals surface area contributed by atoms with Crippen LogP contribution in [0.15, 0.2) is 36.4 Å². The third kappa shape index (κ3) is 3.89. The van der Waals surface area contributed by atoms with Crippen LogP contribution in [0.25, 0.3) is 11.4 Å². The smallest absolute Gasteiger partial charge is 0.253 e. The van der Waals surface area contributed by atoms with E-state index in [0.29, 0.717) is 23.9 Å². The van der Waals surface area contributed by atoms with Gasteiger partial charge in [-0.2, -0.15) is 5.10 Å². The monoisotopic (exact) mass is 361 g/mol. The Bertz CT molecular complexity index is 969. The first-order valence-electron chi connectivity index (χ1n) is 9.22. The normalized spacial score (nSPS) is 13.6. The molecule has 4 rings (SSSR count). The maximum atomic E-state index is 12.9. The van der Waals surface area contributed by atoms with E-state index in [1.807, 2.05) is 44.2 Å². The summed E-state index contributed by atoms with van der Waals surface area (Å²) in [6.45, 7) is 4.39. The van der Waals surface area contributed by atoms with Gasteiger partial charge >= 0.3 is 0 Å². The Hall–Kier alpha value is -3.02. The molecule has 2 aromatic heterocycles. The second-order valence-corrected chi connectivity index (χ2v) is 7.31. The number of aromatic nitrogens is 4. The molecule has 0 bridgehead atoms. The molecule has 1 N–H and O–H groups in total. The van der Waals surface area contributed by atoms with Crippen LogP contribution in [-0.4, -0.2) is 38.0 Å². The second kappa shape index (κ2) is 6.95. The van der Waals surface area contributed by atoms with E-state index in [1.54, 1.807) is 11.9 Å². The first-order chi connectivity index (χ1) is 13.0. The lowest BCUT2D eigenvalue weighted by atomic mass is 10.1. The maximum absolute atomic E-state index is 12.9. The molecule has 0 saturated heterocycles. The van der Waals surface area contributed by atoms with Crippen LogP contribution in [0.1, 0.15) is 51.9 Å². The molecule has 1 aliphatic rings. The predicted molar refractivity (Wildman–Crippen MR) is 103 cm³/mol. The summed E-state index contributed by atoms with van der Waals surface area (Å²) in [5, 5.41) is 7.40. The summed E-state index contributed by atoms with van der Waals surface area (Å²) in [7, 11) is 1.81. The summed E-state index contributed by atoms with van der Waals surface area (Å²) < 4.78 is 0. The quantitative estimate of drug-likeness (QED) is 0.753. The molecule has 27 heavy (non-hydrogen) atoms. The molecule has 0 radical (unpaired) electrons. The zero-order valence-corrected chi connectivity index (χ0v) is 15.9. The fourth-order valence-electron chi connectivity index (χ4n) is 3.24. The molecule has 1 saturated carbocycles. The summed E-state index contributed by atoms with van der Waals surface area (Å²) in [5.41, 5.74) is 5.37. The van der Waals surface area contributed by atoms with E-state index in [9.17, 15) is 4.79 Å². The number of amides is 1. The van der Waals surface area contributed by atoms with Crippen LogP contribution in [0.4, 0.5) is 0 Å². The third-order valence-corrected chi connectivity index (χ3v) is 4.75. The van der Waals surface area contributed by atoms with Crippen molar-refractivity contribution >= 4 is 5.91 Å². The number of carbonyl (C=O) groups is 1. The number of hydrogen-bond donors (Lipinski definition) is 1. The molecule has 1 aromatic carbocycles. The van der Waals surface area contributed by atoms with Crippen molar-refractivity contribution in [2.75, 3.05) is 7.05 Å². The van der Waals surface area contributed by atoms with E-state index < -0.39 is 0 Å². The summed E-state index contributed by atoms with van der Waals surface area (Å²) in [6.07, 6.45) is 2.43. The maximum Gasteiger partial charge on any atom is 0.253 e. The number of aryl methyl sites for hydroxylation is 2. The summed E-state index contributed by atoms with van der Waals surface area (Å²) in [4.78, 5) is 23.6. The van der Waals surface area contributed by atoms with Crippen molar-refractivity contribution in [2.24, 2.45) is 0 Å². The molecular formula is C21H23N5O. The van der Waals surface area contributed by atoms with Gasteiger partial charge < -0.3 is 4.90 Å². The molecule has 1 fully saturated rings. The van der Waals surface area contributed by atoms with Crippen LogP contribution in [0.3, 0.4) is 0 Å². The molecule has 6 nitrogen and oxygen atoms in total. The number of carbonyl (C=O) groups excluding carboxylic acids is 1. The Labute approximate surface area is 158 Å². The highest BCUT2D eigenvalue weighted by Gasteiger charge is 2.26. The minimum atomic E-state index is -0.0382. The molecule has 1 aliphatic carbocycles. The fraction of sp³-hybridized carbons (Fsp3) is 0.333. The number of benzene rings is 1. The largest absolute Gasteiger partial charge is 0.336 e. The summed E-state index contributed by atoms with van der Waals surface area (Å²) in [6, 6.07) is 11.5. The average Bonchev–Trinajstić information content (AvgIpc) is 3.40.